The molecule has 0 aliphatic carbocycles. The van der Waals surface area contributed by atoms with Gasteiger partial charge in [0.2, 0.25) is 5.91 Å². The van der Waals surface area contributed by atoms with Crippen LogP contribution in [-0.2, 0) is 11.2 Å². The van der Waals surface area contributed by atoms with Crippen LogP contribution in [0.1, 0.15) is 43.2 Å². The quantitative estimate of drug-likeness (QED) is 0.898. The van der Waals surface area contributed by atoms with Crippen molar-refractivity contribution < 1.29 is 4.79 Å². The molecule has 1 aromatic carbocycles. The lowest BCUT2D eigenvalue weighted by Crippen LogP contribution is -2.48. The normalized spacial score (nSPS) is 27.0. The van der Waals surface area contributed by atoms with Gasteiger partial charge in [0.1, 0.15) is 0 Å². The zero-order valence-corrected chi connectivity index (χ0v) is 13.4. The van der Waals surface area contributed by atoms with Crippen LogP contribution in [-0.4, -0.2) is 24.0 Å². The Kier molecular flexibility index (Phi) is 5.65. The predicted molar refractivity (Wildman–Crippen MR) is 87.9 cm³/mol. The number of hydrogen-bond acceptors (Lipinski definition) is 2. The molecule has 4 heteroatoms. The lowest BCUT2D eigenvalue weighted by atomic mass is 9.99. The van der Waals surface area contributed by atoms with Gasteiger partial charge in [0.05, 0.1) is 0 Å². The monoisotopic (exact) mass is 308 g/mol. The first-order chi connectivity index (χ1) is 9.70. The van der Waals surface area contributed by atoms with Gasteiger partial charge in [0.25, 0.3) is 0 Å². The van der Waals surface area contributed by atoms with Crippen LogP contribution in [0.5, 0.6) is 0 Å². The molecular weight excluding hydrogens is 284 g/mol. The zero-order chi connectivity index (χ0) is 13.9. The number of rotatable bonds is 4. The maximum absolute atomic E-state index is 12.1. The highest BCUT2D eigenvalue weighted by Gasteiger charge is 2.33. The fourth-order valence-electron chi connectivity index (χ4n) is 3.61. The average Bonchev–Trinajstić information content (AvgIpc) is 2.77. The molecule has 0 saturated carbocycles. The Labute approximate surface area is 133 Å². The molecule has 2 bridgehead atoms. The second-order valence-corrected chi connectivity index (χ2v) is 6.30. The molecule has 0 aromatic heterocycles. The molecular formula is C17H25ClN2O. The van der Waals surface area contributed by atoms with Crippen LogP contribution in [0.3, 0.4) is 0 Å². The van der Waals surface area contributed by atoms with E-state index in [-0.39, 0.29) is 18.3 Å². The minimum absolute atomic E-state index is 0. The smallest absolute Gasteiger partial charge is 0.220 e. The standard InChI is InChI=1S/C17H24N2O.ClH/c1-12-4-2-3-5-13(12)6-9-17(20)19-16-10-14-7-8-15(11-16)18-14;/h2-5,14-16,18H,6-11H2,1H3,(H,19,20);1H. The van der Waals surface area contributed by atoms with E-state index < -0.39 is 0 Å². The summed E-state index contributed by atoms with van der Waals surface area (Å²) in [6, 6.07) is 9.98. The van der Waals surface area contributed by atoms with Crippen LogP contribution >= 0.6 is 12.4 Å². The van der Waals surface area contributed by atoms with Gasteiger partial charge < -0.3 is 10.6 Å². The van der Waals surface area contributed by atoms with Crippen LogP contribution in [0.25, 0.3) is 0 Å². The van der Waals surface area contributed by atoms with E-state index in [0.717, 1.165) is 19.3 Å². The van der Waals surface area contributed by atoms with Crippen molar-refractivity contribution >= 4 is 18.3 Å². The Bertz CT molecular complexity index is 479. The van der Waals surface area contributed by atoms with Crippen LogP contribution < -0.4 is 10.6 Å². The van der Waals surface area contributed by atoms with Gasteiger partial charge in [-0.25, -0.2) is 0 Å². The summed E-state index contributed by atoms with van der Waals surface area (Å²) >= 11 is 0. The molecule has 2 atom stereocenters. The third-order valence-electron chi connectivity index (χ3n) is 4.72. The summed E-state index contributed by atoms with van der Waals surface area (Å²) in [5.41, 5.74) is 2.56. The SMILES string of the molecule is Cc1ccccc1CCC(=O)NC1CC2CCC(C1)N2.Cl. The number of hydrogen-bond donors (Lipinski definition) is 2. The van der Waals surface area contributed by atoms with Gasteiger partial charge in [0.15, 0.2) is 0 Å². The lowest BCUT2D eigenvalue weighted by Gasteiger charge is -2.29. The molecule has 3 rings (SSSR count). The van der Waals surface area contributed by atoms with Crippen LogP contribution in [0, 0.1) is 6.92 Å². The molecule has 2 N–H and O–H groups in total. The Hall–Kier alpha value is -1.06. The van der Waals surface area contributed by atoms with Crippen molar-refractivity contribution in [3.8, 4) is 0 Å². The highest BCUT2D eigenvalue weighted by molar-refractivity contribution is 5.85. The molecule has 21 heavy (non-hydrogen) atoms. The summed E-state index contributed by atoms with van der Waals surface area (Å²) in [5, 5.41) is 6.84. The van der Waals surface area contributed by atoms with E-state index in [2.05, 4.69) is 29.7 Å². The van der Waals surface area contributed by atoms with E-state index >= 15 is 0 Å². The topological polar surface area (TPSA) is 41.1 Å². The first-order valence-electron chi connectivity index (χ1n) is 7.80. The molecule has 0 radical (unpaired) electrons. The van der Waals surface area contributed by atoms with E-state index in [0.29, 0.717) is 24.5 Å². The molecule has 3 nitrogen and oxygen atoms in total. The third-order valence-corrected chi connectivity index (χ3v) is 4.72. The summed E-state index contributed by atoms with van der Waals surface area (Å²) in [7, 11) is 0. The van der Waals surface area contributed by atoms with Crippen molar-refractivity contribution in [2.45, 2.75) is 63.6 Å². The lowest BCUT2D eigenvalue weighted by molar-refractivity contribution is -0.122. The molecule has 1 aromatic rings. The molecule has 2 saturated heterocycles. The molecule has 0 spiro atoms. The van der Waals surface area contributed by atoms with Gasteiger partial charge in [-0.3, -0.25) is 4.79 Å². The molecule has 1 amide bonds. The Morgan fingerprint density at radius 1 is 1.24 bits per heavy atom. The van der Waals surface area contributed by atoms with Crippen molar-refractivity contribution in [2.24, 2.45) is 0 Å². The molecule has 2 aliphatic heterocycles. The second-order valence-electron chi connectivity index (χ2n) is 6.30. The molecule has 2 unspecified atom stereocenters. The largest absolute Gasteiger partial charge is 0.353 e. The van der Waals surface area contributed by atoms with Crippen molar-refractivity contribution in [1.29, 1.82) is 0 Å². The molecule has 2 heterocycles. The molecule has 2 fully saturated rings. The van der Waals surface area contributed by atoms with Crippen LogP contribution in [0.2, 0.25) is 0 Å². The molecule has 2 aliphatic rings. The molecule has 116 valence electrons. The minimum atomic E-state index is 0. The van der Waals surface area contributed by atoms with Gasteiger partial charge in [-0.2, -0.15) is 0 Å². The zero-order valence-electron chi connectivity index (χ0n) is 12.6. The van der Waals surface area contributed by atoms with Crippen LogP contribution in [0.4, 0.5) is 0 Å². The summed E-state index contributed by atoms with van der Waals surface area (Å²) in [6.45, 7) is 2.11. The number of halogens is 1. The maximum Gasteiger partial charge on any atom is 0.220 e. The van der Waals surface area contributed by atoms with E-state index in [1.807, 2.05) is 12.1 Å². The Morgan fingerprint density at radius 3 is 2.57 bits per heavy atom. The van der Waals surface area contributed by atoms with Crippen molar-refractivity contribution in [3.05, 3.63) is 35.4 Å². The van der Waals surface area contributed by atoms with Gasteiger partial charge in [-0.15, -0.1) is 12.4 Å². The fraction of sp³-hybridized carbons (Fsp3) is 0.588. The third kappa shape index (κ3) is 4.21. The number of benzene rings is 1. The number of aryl methyl sites for hydroxylation is 2. The number of carbonyl (C=O) groups excluding carboxylic acids is 1. The predicted octanol–water partition coefficient (Wildman–Crippen LogP) is 2.75. The number of fused-ring (bicyclic) bond motifs is 2. The number of piperidine rings is 1. The van der Waals surface area contributed by atoms with E-state index in [4.69, 9.17) is 0 Å². The first kappa shape index (κ1) is 16.3. The van der Waals surface area contributed by atoms with Gasteiger partial charge in [-0.05, 0) is 50.2 Å². The first-order valence-corrected chi connectivity index (χ1v) is 7.80. The van der Waals surface area contributed by atoms with Crippen molar-refractivity contribution in [3.63, 3.8) is 0 Å². The number of nitrogens with one attached hydrogen (secondary N) is 2. The highest BCUT2D eigenvalue weighted by atomic mass is 35.5. The number of amides is 1. The van der Waals surface area contributed by atoms with Gasteiger partial charge in [0, 0.05) is 24.5 Å². The maximum atomic E-state index is 12.1. The summed E-state index contributed by atoms with van der Waals surface area (Å²) in [6.07, 6.45) is 6.21. The fourth-order valence-corrected chi connectivity index (χ4v) is 3.61. The minimum Gasteiger partial charge on any atom is -0.353 e. The van der Waals surface area contributed by atoms with E-state index in [1.165, 1.54) is 24.0 Å². The number of carbonyl (C=O) groups is 1. The summed E-state index contributed by atoms with van der Waals surface area (Å²) in [5.74, 6) is 0.208. The van der Waals surface area contributed by atoms with E-state index in [1.54, 1.807) is 0 Å². The highest BCUT2D eigenvalue weighted by Crippen LogP contribution is 2.26. The van der Waals surface area contributed by atoms with E-state index in [9.17, 15) is 4.79 Å². The summed E-state index contributed by atoms with van der Waals surface area (Å²) in [4.78, 5) is 12.1. The summed E-state index contributed by atoms with van der Waals surface area (Å²) < 4.78 is 0. The second kappa shape index (κ2) is 7.28. The Balaban J connectivity index is 0.00000161. The van der Waals surface area contributed by atoms with Gasteiger partial charge >= 0.3 is 0 Å². The van der Waals surface area contributed by atoms with Crippen LogP contribution in [0.15, 0.2) is 24.3 Å². The van der Waals surface area contributed by atoms with Crippen molar-refractivity contribution in [2.75, 3.05) is 0 Å². The average molecular weight is 309 g/mol. The Morgan fingerprint density at radius 2 is 1.90 bits per heavy atom. The van der Waals surface area contributed by atoms with Crippen molar-refractivity contribution in [1.82, 2.24) is 10.6 Å². The van der Waals surface area contributed by atoms with Gasteiger partial charge in [-0.1, -0.05) is 24.3 Å².